The second-order valence-electron chi connectivity index (χ2n) is 5.47. The first-order valence-electron chi connectivity index (χ1n) is 7.26. The molecular formula is C16H24N2O. The fourth-order valence-electron chi connectivity index (χ4n) is 2.62. The van der Waals surface area contributed by atoms with Crippen LogP contribution in [0.2, 0.25) is 0 Å². The number of carbonyl (C=O) groups is 1. The first-order chi connectivity index (χ1) is 9.16. The van der Waals surface area contributed by atoms with E-state index >= 15 is 0 Å². The summed E-state index contributed by atoms with van der Waals surface area (Å²) in [6, 6.07) is 6.64. The van der Waals surface area contributed by atoms with Gasteiger partial charge in [0.05, 0.1) is 0 Å². The molecule has 2 rings (SSSR count). The van der Waals surface area contributed by atoms with Crippen molar-refractivity contribution in [3.05, 3.63) is 29.3 Å². The van der Waals surface area contributed by atoms with Crippen molar-refractivity contribution in [1.29, 1.82) is 0 Å². The fraction of sp³-hybridized carbons (Fsp3) is 0.562. The van der Waals surface area contributed by atoms with Gasteiger partial charge in [-0.25, -0.2) is 0 Å². The molecule has 0 saturated heterocycles. The van der Waals surface area contributed by atoms with E-state index in [2.05, 4.69) is 36.6 Å². The third kappa shape index (κ3) is 3.98. The average molecular weight is 260 g/mol. The lowest BCUT2D eigenvalue weighted by molar-refractivity contribution is -0.121. The SMILES string of the molecule is Cc1cccc(NCCC(=O)NC2CCCC2)c1C. The first kappa shape index (κ1) is 13.9. The zero-order chi connectivity index (χ0) is 13.7. The van der Waals surface area contributed by atoms with Gasteiger partial charge in [0.1, 0.15) is 0 Å². The molecule has 1 amide bonds. The van der Waals surface area contributed by atoms with Crippen molar-refractivity contribution in [3.8, 4) is 0 Å². The third-order valence-electron chi connectivity index (χ3n) is 3.99. The number of aryl methyl sites for hydroxylation is 1. The normalized spacial score (nSPS) is 15.5. The summed E-state index contributed by atoms with van der Waals surface area (Å²) < 4.78 is 0. The second-order valence-corrected chi connectivity index (χ2v) is 5.47. The molecule has 1 aliphatic rings. The minimum atomic E-state index is 0.171. The molecular weight excluding hydrogens is 236 g/mol. The van der Waals surface area contributed by atoms with Crippen LogP contribution >= 0.6 is 0 Å². The van der Waals surface area contributed by atoms with Crippen molar-refractivity contribution < 1.29 is 4.79 Å². The van der Waals surface area contributed by atoms with E-state index in [0.717, 1.165) is 18.5 Å². The summed E-state index contributed by atoms with van der Waals surface area (Å²) >= 11 is 0. The van der Waals surface area contributed by atoms with Crippen LogP contribution in [0.3, 0.4) is 0 Å². The third-order valence-corrected chi connectivity index (χ3v) is 3.99. The molecule has 0 radical (unpaired) electrons. The number of anilines is 1. The second kappa shape index (κ2) is 6.60. The van der Waals surface area contributed by atoms with Crippen LogP contribution < -0.4 is 10.6 Å². The molecule has 3 heteroatoms. The molecule has 19 heavy (non-hydrogen) atoms. The Morgan fingerprint density at radius 2 is 2.00 bits per heavy atom. The molecule has 1 aromatic carbocycles. The molecule has 0 aliphatic heterocycles. The van der Waals surface area contributed by atoms with E-state index in [9.17, 15) is 4.79 Å². The van der Waals surface area contributed by atoms with Crippen LogP contribution in [0.15, 0.2) is 18.2 Å². The van der Waals surface area contributed by atoms with Crippen LogP contribution in [0.1, 0.15) is 43.2 Å². The standard InChI is InChI=1S/C16H24N2O/c1-12-6-5-9-15(13(12)2)17-11-10-16(19)18-14-7-3-4-8-14/h5-6,9,14,17H,3-4,7-8,10-11H2,1-2H3,(H,18,19). The van der Waals surface area contributed by atoms with Crippen molar-refractivity contribution in [2.24, 2.45) is 0 Å². The maximum Gasteiger partial charge on any atom is 0.221 e. The molecule has 3 nitrogen and oxygen atoms in total. The van der Waals surface area contributed by atoms with Gasteiger partial charge in [0, 0.05) is 24.7 Å². The van der Waals surface area contributed by atoms with Crippen LogP contribution in [0.4, 0.5) is 5.69 Å². The fourth-order valence-corrected chi connectivity index (χ4v) is 2.62. The summed E-state index contributed by atoms with van der Waals surface area (Å²) in [7, 11) is 0. The van der Waals surface area contributed by atoms with Gasteiger partial charge in [-0.2, -0.15) is 0 Å². The smallest absolute Gasteiger partial charge is 0.221 e. The average Bonchev–Trinajstić information content (AvgIpc) is 2.87. The van der Waals surface area contributed by atoms with Gasteiger partial charge in [0.15, 0.2) is 0 Å². The number of hydrogen-bond donors (Lipinski definition) is 2. The predicted octanol–water partition coefficient (Wildman–Crippen LogP) is 3.16. The quantitative estimate of drug-likeness (QED) is 0.854. The Hall–Kier alpha value is -1.51. The van der Waals surface area contributed by atoms with Crippen molar-refractivity contribution in [2.45, 2.75) is 52.0 Å². The summed E-state index contributed by atoms with van der Waals surface area (Å²) in [4.78, 5) is 11.8. The molecule has 1 aromatic rings. The highest BCUT2D eigenvalue weighted by molar-refractivity contribution is 5.76. The van der Waals surface area contributed by atoms with Crippen LogP contribution in [0.25, 0.3) is 0 Å². The van der Waals surface area contributed by atoms with Crippen LogP contribution in [0, 0.1) is 13.8 Å². The Labute approximate surface area is 115 Å². The number of hydrogen-bond acceptors (Lipinski definition) is 2. The molecule has 1 saturated carbocycles. The summed E-state index contributed by atoms with van der Waals surface area (Å²) in [5.41, 5.74) is 3.67. The number of benzene rings is 1. The zero-order valence-electron chi connectivity index (χ0n) is 12.0. The van der Waals surface area contributed by atoms with E-state index in [-0.39, 0.29) is 5.91 Å². The number of nitrogens with one attached hydrogen (secondary N) is 2. The molecule has 1 aliphatic carbocycles. The summed E-state index contributed by atoms with van der Waals surface area (Å²) in [6.07, 6.45) is 5.35. The van der Waals surface area contributed by atoms with E-state index in [4.69, 9.17) is 0 Å². The first-order valence-corrected chi connectivity index (χ1v) is 7.26. The summed E-state index contributed by atoms with van der Waals surface area (Å²) in [5, 5.41) is 6.46. The monoisotopic (exact) mass is 260 g/mol. The molecule has 0 bridgehead atoms. The minimum absolute atomic E-state index is 0.171. The molecule has 0 atom stereocenters. The van der Waals surface area contributed by atoms with Gasteiger partial charge < -0.3 is 10.6 Å². The van der Waals surface area contributed by atoms with Gasteiger partial charge in [-0.1, -0.05) is 25.0 Å². The summed E-state index contributed by atoms with van der Waals surface area (Å²) in [6.45, 7) is 4.91. The highest BCUT2D eigenvalue weighted by atomic mass is 16.1. The van der Waals surface area contributed by atoms with Crippen LogP contribution in [-0.4, -0.2) is 18.5 Å². The minimum Gasteiger partial charge on any atom is -0.384 e. The van der Waals surface area contributed by atoms with E-state index in [1.165, 1.54) is 24.0 Å². The Bertz CT molecular complexity index is 436. The zero-order valence-corrected chi connectivity index (χ0v) is 12.0. The van der Waals surface area contributed by atoms with Crippen LogP contribution in [-0.2, 0) is 4.79 Å². The van der Waals surface area contributed by atoms with E-state index in [0.29, 0.717) is 19.0 Å². The number of carbonyl (C=O) groups excluding carboxylic acids is 1. The summed E-state index contributed by atoms with van der Waals surface area (Å²) in [5.74, 6) is 0.171. The lowest BCUT2D eigenvalue weighted by atomic mass is 10.1. The van der Waals surface area contributed by atoms with Gasteiger partial charge in [-0.3, -0.25) is 4.79 Å². The molecule has 104 valence electrons. The Balaban J connectivity index is 1.73. The highest BCUT2D eigenvalue weighted by Crippen LogP contribution is 2.18. The molecule has 1 fully saturated rings. The van der Waals surface area contributed by atoms with Gasteiger partial charge in [0.2, 0.25) is 5.91 Å². The number of amides is 1. The van der Waals surface area contributed by atoms with Gasteiger partial charge in [0.25, 0.3) is 0 Å². The maximum absolute atomic E-state index is 11.8. The molecule has 0 heterocycles. The van der Waals surface area contributed by atoms with Crippen LogP contribution in [0.5, 0.6) is 0 Å². The van der Waals surface area contributed by atoms with Crippen molar-refractivity contribution in [2.75, 3.05) is 11.9 Å². The lowest BCUT2D eigenvalue weighted by Crippen LogP contribution is -2.33. The van der Waals surface area contributed by atoms with Gasteiger partial charge in [-0.15, -0.1) is 0 Å². The molecule has 0 unspecified atom stereocenters. The van der Waals surface area contributed by atoms with E-state index in [1.54, 1.807) is 0 Å². The highest BCUT2D eigenvalue weighted by Gasteiger charge is 2.16. The maximum atomic E-state index is 11.8. The predicted molar refractivity (Wildman–Crippen MR) is 79.4 cm³/mol. The Morgan fingerprint density at radius 3 is 2.74 bits per heavy atom. The van der Waals surface area contributed by atoms with E-state index < -0.39 is 0 Å². The molecule has 2 N–H and O–H groups in total. The molecule has 0 spiro atoms. The lowest BCUT2D eigenvalue weighted by Gasteiger charge is -2.13. The van der Waals surface area contributed by atoms with Gasteiger partial charge >= 0.3 is 0 Å². The largest absolute Gasteiger partial charge is 0.384 e. The van der Waals surface area contributed by atoms with Gasteiger partial charge in [-0.05, 0) is 43.9 Å². The van der Waals surface area contributed by atoms with Crippen molar-refractivity contribution >= 4 is 11.6 Å². The topological polar surface area (TPSA) is 41.1 Å². The van der Waals surface area contributed by atoms with Crippen molar-refractivity contribution in [3.63, 3.8) is 0 Å². The molecule has 0 aromatic heterocycles. The Morgan fingerprint density at radius 1 is 1.26 bits per heavy atom. The number of rotatable bonds is 5. The van der Waals surface area contributed by atoms with Crippen molar-refractivity contribution in [1.82, 2.24) is 5.32 Å². The van der Waals surface area contributed by atoms with E-state index in [1.807, 2.05) is 6.07 Å². The Kier molecular flexibility index (Phi) is 4.83.